The molecule has 0 atom stereocenters. The summed E-state index contributed by atoms with van der Waals surface area (Å²) in [6.07, 6.45) is 1.29. The fourth-order valence-electron chi connectivity index (χ4n) is 4.71. The number of carbonyl (C=O) groups is 1. The first kappa shape index (κ1) is 23.8. The van der Waals surface area contributed by atoms with E-state index in [1.165, 1.54) is 6.08 Å². The zero-order chi connectivity index (χ0) is 25.4. The lowest BCUT2D eigenvalue weighted by Gasteiger charge is -2.39. The number of amides is 1. The average Bonchev–Trinajstić information content (AvgIpc) is 2.85. The monoisotopic (exact) mass is 504 g/mol. The third kappa shape index (κ3) is 4.29. The van der Waals surface area contributed by atoms with E-state index in [1.54, 1.807) is 27.7 Å². The number of nitrogens with zero attached hydrogens (tertiary/aromatic N) is 3. The Labute approximate surface area is 212 Å². The van der Waals surface area contributed by atoms with Crippen molar-refractivity contribution in [2.45, 2.75) is 6.54 Å². The Hall–Kier alpha value is -3.88. The topological polar surface area (TPSA) is 108 Å². The predicted molar refractivity (Wildman–Crippen MR) is 141 cm³/mol. The minimum Gasteiger partial charge on any atom is -0.508 e. The zero-order valence-electron chi connectivity index (χ0n) is 19.4. The summed E-state index contributed by atoms with van der Waals surface area (Å²) in [5, 5.41) is 24.7. The van der Waals surface area contributed by atoms with Gasteiger partial charge in [-0.25, -0.2) is 4.98 Å². The van der Waals surface area contributed by atoms with Crippen molar-refractivity contribution in [1.29, 1.82) is 0 Å². The number of carbonyl (C=O) groups excluding carboxylic acids is 1. The third-order valence-corrected chi connectivity index (χ3v) is 6.77. The minimum absolute atomic E-state index is 0.0938. The van der Waals surface area contributed by atoms with Crippen LogP contribution in [0.5, 0.6) is 5.75 Å². The van der Waals surface area contributed by atoms with E-state index in [4.69, 9.17) is 11.6 Å². The lowest BCUT2D eigenvalue weighted by molar-refractivity contribution is -0.132. The molecular formula is C27H25ClN4O4. The molecule has 5 rings (SSSR count). The summed E-state index contributed by atoms with van der Waals surface area (Å²) < 4.78 is 1.62. The van der Waals surface area contributed by atoms with Gasteiger partial charge in [-0.15, -0.1) is 0 Å². The number of likely N-dealkylation sites (tertiary alicyclic amines) is 1. The quantitative estimate of drug-likeness (QED) is 0.332. The van der Waals surface area contributed by atoms with E-state index in [0.29, 0.717) is 41.3 Å². The number of hydrogen-bond donors (Lipinski definition) is 3. The number of aliphatic hydroxyl groups excluding tert-OH is 1. The van der Waals surface area contributed by atoms with Crippen molar-refractivity contribution in [2.24, 2.45) is 5.92 Å². The molecule has 0 unspecified atom stereocenters. The van der Waals surface area contributed by atoms with Gasteiger partial charge in [-0.3, -0.25) is 9.59 Å². The van der Waals surface area contributed by atoms with Crippen molar-refractivity contribution in [3.05, 3.63) is 76.6 Å². The number of nitrogens with one attached hydrogen (secondary N) is 1. The van der Waals surface area contributed by atoms with E-state index < -0.39 is 0 Å². The highest BCUT2D eigenvalue weighted by atomic mass is 35.5. The summed E-state index contributed by atoms with van der Waals surface area (Å²) in [6, 6.07) is 14.6. The number of aromatic hydroxyl groups is 1. The first-order valence-electron chi connectivity index (χ1n) is 11.6. The second-order valence-electron chi connectivity index (χ2n) is 8.88. The van der Waals surface area contributed by atoms with Gasteiger partial charge in [0.15, 0.2) is 5.82 Å². The summed E-state index contributed by atoms with van der Waals surface area (Å²) in [5.41, 5.74) is 2.21. The van der Waals surface area contributed by atoms with E-state index in [2.05, 4.69) is 16.9 Å². The van der Waals surface area contributed by atoms with Gasteiger partial charge in [0, 0.05) is 37.7 Å². The van der Waals surface area contributed by atoms with E-state index in [9.17, 15) is 19.8 Å². The molecule has 9 heteroatoms. The van der Waals surface area contributed by atoms with Gasteiger partial charge in [0.1, 0.15) is 5.75 Å². The van der Waals surface area contributed by atoms with Crippen LogP contribution in [0.1, 0.15) is 0 Å². The van der Waals surface area contributed by atoms with Gasteiger partial charge in [-0.05, 0) is 46.7 Å². The molecule has 1 amide bonds. The van der Waals surface area contributed by atoms with Crippen molar-refractivity contribution >= 4 is 45.1 Å². The summed E-state index contributed by atoms with van der Waals surface area (Å²) in [7, 11) is 0. The Morgan fingerprint density at radius 2 is 1.97 bits per heavy atom. The number of benzene rings is 3. The molecule has 0 saturated carbocycles. The van der Waals surface area contributed by atoms with Crippen LogP contribution in [0.2, 0.25) is 5.02 Å². The van der Waals surface area contributed by atoms with Gasteiger partial charge < -0.3 is 25.0 Å². The van der Waals surface area contributed by atoms with Crippen molar-refractivity contribution < 1.29 is 15.0 Å². The molecular weight excluding hydrogens is 480 g/mol. The van der Waals surface area contributed by atoms with Gasteiger partial charge in [0.05, 0.1) is 22.7 Å². The van der Waals surface area contributed by atoms with Crippen LogP contribution in [0, 0.1) is 5.92 Å². The Kier molecular flexibility index (Phi) is 6.38. The van der Waals surface area contributed by atoms with Gasteiger partial charge in [-0.1, -0.05) is 42.4 Å². The Bertz CT molecular complexity index is 1560. The van der Waals surface area contributed by atoms with Crippen LogP contribution in [0.25, 0.3) is 32.9 Å². The summed E-state index contributed by atoms with van der Waals surface area (Å²) in [6.45, 7) is 4.99. The summed E-state index contributed by atoms with van der Waals surface area (Å²) in [4.78, 5) is 31.4. The number of hydrogen-bond acceptors (Lipinski definition) is 6. The van der Waals surface area contributed by atoms with E-state index in [0.717, 1.165) is 16.3 Å². The van der Waals surface area contributed by atoms with Crippen molar-refractivity contribution in [1.82, 2.24) is 14.5 Å². The maximum atomic E-state index is 13.3. The van der Waals surface area contributed by atoms with Crippen LogP contribution >= 0.6 is 11.6 Å². The van der Waals surface area contributed by atoms with E-state index in [-0.39, 0.29) is 42.1 Å². The smallest absolute Gasteiger partial charge is 0.293 e. The van der Waals surface area contributed by atoms with Gasteiger partial charge in [0.25, 0.3) is 5.56 Å². The summed E-state index contributed by atoms with van der Waals surface area (Å²) in [5.74, 6) is 0.210. The van der Waals surface area contributed by atoms with Crippen LogP contribution < -0.4 is 10.9 Å². The average molecular weight is 505 g/mol. The number of rotatable bonds is 7. The number of anilines is 1. The SMILES string of the molecule is C=CC(=O)N1CC(Cn2c(=O)c(NCCO)nc3cc(-c4cc(O)cc5ccccc45)c(Cl)cc32)C1. The molecule has 8 nitrogen and oxygen atoms in total. The predicted octanol–water partition coefficient (Wildman–Crippen LogP) is 3.62. The highest BCUT2D eigenvalue weighted by molar-refractivity contribution is 6.34. The first-order valence-corrected chi connectivity index (χ1v) is 12.0. The Morgan fingerprint density at radius 3 is 2.72 bits per heavy atom. The van der Waals surface area contributed by atoms with Crippen LogP contribution in [0.3, 0.4) is 0 Å². The van der Waals surface area contributed by atoms with E-state index >= 15 is 0 Å². The molecule has 0 spiro atoms. The summed E-state index contributed by atoms with van der Waals surface area (Å²) >= 11 is 6.77. The van der Waals surface area contributed by atoms with Crippen molar-refractivity contribution in [3.8, 4) is 16.9 Å². The number of phenolic OH excluding ortho intramolecular Hbond substituents is 1. The molecule has 3 aromatic carbocycles. The molecule has 1 aromatic heterocycles. The Balaban J connectivity index is 1.64. The molecule has 0 aliphatic carbocycles. The number of fused-ring (bicyclic) bond motifs is 2. The fourth-order valence-corrected chi connectivity index (χ4v) is 4.97. The van der Waals surface area contributed by atoms with E-state index in [1.807, 2.05) is 30.3 Å². The normalized spacial score (nSPS) is 13.7. The molecule has 1 saturated heterocycles. The lowest BCUT2D eigenvalue weighted by Crippen LogP contribution is -2.51. The maximum absolute atomic E-state index is 13.3. The van der Waals surface area contributed by atoms with Crippen molar-refractivity contribution in [2.75, 3.05) is 31.6 Å². The van der Waals surface area contributed by atoms with Crippen LogP contribution in [0.15, 0.2) is 66.0 Å². The van der Waals surface area contributed by atoms with Crippen LogP contribution in [-0.2, 0) is 11.3 Å². The molecule has 2 heterocycles. The number of phenols is 1. The van der Waals surface area contributed by atoms with Gasteiger partial charge >= 0.3 is 0 Å². The van der Waals surface area contributed by atoms with Crippen LogP contribution in [-0.4, -0.2) is 56.8 Å². The molecule has 1 fully saturated rings. The highest BCUT2D eigenvalue weighted by Gasteiger charge is 2.30. The number of aliphatic hydroxyl groups is 1. The van der Waals surface area contributed by atoms with Gasteiger partial charge in [0.2, 0.25) is 5.91 Å². The third-order valence-electron chi connectivity index (χ3n) is 6.46. The maximum Gasteiger partial charge on any atom is 0.293 e. The molecule has 1 aliphatic rings. The van der Waals surface area contributed by atoms with Gasteiger partial charge in [-0.2, -0.15) is 0 Å². The largest absolute Gasteiger partial charge is 0.508 e. The number of halogens is 1. The fraction of sp³-hybridized carbons (Fsp3) is 0.222. The highest BCUT2D eigenvalue weighted by Crippen LogP contribution is 2.38. The minimum atomic E-state index is -0.323. The molecule has 0 bridgehead atoms. The molecule has 4 aromatic rings. The van der Waals surface area contributed by atoms with Crippen LogP contribution in [0.4, 0.5) is 5.82 Å². The molecule has 36 heavy (non-hydrogen) atoms. The second kappa shape index (κ2) is 9.64. The molecule has 1 aliphatic heterocycles. The second-order valence-corrected chi connectivity index (χ2v) is 9.28. The molecule has 0 radical (unpaired) electrons. The standard InChI is InChI=1S/C27H25ClN4O4/c1-2-25(35)31-13-16(14-31)15-32-24-12-22(28)21(11-23(24)30-26(27(32)36)29-7-8-33)20-10-18(34)9-17-5-3-4-6-19(17)20/h2-6,9-12,16,33-34H,1,7-8,13-15H2,(H,29,30). The first-order chi connectivity index (χ1) is 17.4. The Morgan fingerprint density at radius 1 is 1.19 bits per heavy atom. The lowest BCUT2D eigenvalue weighted by atomic mass is 9.97. The number of aromatic nitrogens is 2. The van der Waals surface area contributed by atoms with Crippen molar-refractivity contribution in [3.63, 3.8) is 0 Å². The zero-order valence-corrected chi connectivity index (χ0v) is 20.2. The molecule has 184 valence electrons. The molecule has 3 N–H and O–H groups in total.